The van der Waals surface area contributed by atoms with Gasteiger partial charge in [0.25, 0.3) is 10.0 Å². The minimum Gasteiger partial charge on any atom is -0.496 e. The van der Waals surface area contributed by atoms with Crippen LogP contribution >= 0.6 is 15.9 Å². The number of nitrogens with zero attached hydrogens (tertiary/aromatic N) is 1. The lowest BCUT2D eigenvalue weighted by molar-refractivity contribution is 0.410. The van der Waals surface area contributed by atoms with Gasteiger partial charge in [-0.05, 0) is 24.3 Å². The minimum atomic E-state index is -3.64. The number of fused-ring (bicyclic) bond motifs is 1. The molecule has 0 spiro atoms. The van der Waals surface area contributed by atoms with Crippen molar-refractivity contribution < 1.29 is 13.2 Å². The highest BCUT2D eigenvalue weighted by Gasteiger charge is 2.26. The molecule has 0 aromatic heterocycles. The average Bonchev–Trinajstić information content (AvgIpc) is 2.53. The molecule has 0 unspecified atom stereocenters. The summed E-state index contributed by atoms with van der Waals surface area (Å²) in [5.41, 5.74) is 1.36. The average molecular weight is 396 g/mol. The molecule has 3 rings (SSSR count). The number of hydrogen-bond acceptors (Lipinski definition) is 4. The standard InChI is InChI=1S/C15H14BrN3O3S/c1-22-13-5-3-2-4-10(13)9-17-15-18-12-7-6-11(16)8-14(12)23(20,21)19-15/h2-8H,9H2,1H3,(H2,17,18,19). The summed E-state index contributed by atoms with van der Waals surface area (Å²) in [5.74, 6) is 0.894. The summed E-state index contributed by atoms with van der Waals surface area (Å²) in [6.45, 7) is 0.292. The van der Waals surface area contributed by atoms with Crippen molar-refractivity contribution in [3.05, 3.63) is 52.5 Å². The number of nitrogens with one attached hydrogen (secondary N) is 2. The van der Waals surface area contributed by atoms with E-state index in [0.717, 1.165) is 5.56 Å². The van der Waals surface area contributed by atoms with E-state index in [1.165, 1.54) is 0 Å². The molecule has 0 aliphatic carbocycles. The van der Waals surface area contributed by atoms with Gasteiger partial charge in [0.2, 0.25) is 5.96 Å². The van der Waals surface area contributed by atoms with E-state index in [0.29, 0.717) is 22.5 Å². The first-order valence-corrected chi connectivity index (χ1v) is 9.03. The number of benzene rings is 2. The van der Waals surface area contributed by atoms with Crippen LogP contribution in [0.2, 0.25) is 0 Å². The summed E-state index contributed by atoms with van der Waals surface area (Å²) < 4.78 is 33.0. The van der Waals surface area contributed by atoms with Crippen LogP contribution < -0.4 is 14.8 Å². The fourth-order valence-corrected chi connectivity index (χ4v) is 3.91. The predicted octanol–water partition coefficient (Wildman–Crippen LogP) is 2.72. The van der Waals surface area contributed by atoms with E-state index in [9.17, 15) is 8.42 Å². The third-order valence-electron chi connectivity index (χ3n) is 3.32. The Balaban J connectivity index is 1.90. The molecule has 0 saturated carbocycles. The van der Waals surface area contributed by atoms with E-state index in [1.807, 2.05) is 24.3 Å². The highest BCUT2D eigenvalue weighted by molar-refractivity contribution is 9.10. The van der Waals surface area contributed by atoms with E-state index in [2.05, 4.69) is 31.0 Å². The number of rotatable bonds is 3. The zero-order valence-corrected chi connectivity index (χ0v) is 14.6. The number of methoxy groups -OCH3 is 1. The lowest BCUT2D eigenvalue weighted by atomic mass is 10.2. The van der Waals surface area contributed by atoms with E-state index < -0.39 is 10.0 Å². The molecule has 1 aliphatic rings. The van der Waals surface area contributed by atoms with E-state index in [-0.39, 0.29) is 10.9 Å². The number of guanidine groups is 1. The maximum atomic E-state index is 12.3. The molecule has 0 bridgehead atoms. The van der Waals surface area contributed by atoms with Gasteiger partial charge in [0, 0.05) is 10.0 Å². The van der Waals surface area contributed by atoms with Crippen molar-refractivity contribution in [3.63, 3.8) is 0 Å². The second-order valence-corrected chi connectivity index (χ2v) is 7.41. The molecule has 0 saturated heterocycles. The Bertz CT molecular complexity index is 881. The molecule has 120 valence electrons. The summed E-state index contributed by atoms with van der Waals surface area (Å²) in [7, 11) is -2.05. The monoisotopic (exact) mass is 395 g/mol. The van der Waals surface area contributed by atoms with Gasteiger partial charge in [0.05, 0.1) is 19.3 Å². The molecule has 0 amide bonds. The second-order valence-electron chi connectivity index (χ2n) is 4.85. The first kappa shape index (κ1) is 15.8. The lowest BCUT2D eigenvalue weighted by Crippen LogP contribution is -2.40. The van der Waals surface area contributed by atoms with E-state index >= 15 is 0 Å². The van der Waals surface area contributed by atoms with Crippen LogP contribution in [0.1, 0.15) is 5.56 Å². The van der Waals surface area contributed by atoms with Gasteiger partial charge in [0.15, 0.2) is 0 Å². The zero-order chi connectivity index (χ0) is 16.4. The normalized spacial score (nSPS) is 17.0. The molecule has 0 fully saturated rings. The van der Waals surface area contributed by atoms with Crippen molar-refractivity contribution in [2.45, 2.75) is 11.4 Å². The van der Waals surface area contributed by atoms with Crippen LogP contribution in [0.3, 0.4) is 0 Å². The number of anilines is 1. The van der Waals surface area contributed by atoms with Gasteiger partial charge in [-0.25, -0.2) is 18.1 Å². The molecule has 2 aromatic carbocycles. The SMILES string of the molecule is COc1ccccc1CN=C1Nc2ccc(Br)cc2S(=O)(=O)N1. The van der Waals surface area contributed by atoms with Crippen LogP contribution in [0.15, 0.2) is 56.8 Å². The topological polar surface area (TPSA) is 79.8 Å². The van der Waals surface area contributed by atoms with E-state index in [1.54, 1.807) is 25.3 Å². The third-order valence-corrected chi connectivity index (χ3v) is 5.19. The smallest absolute Gasteiger partial charge is 0.266 e. The van der Waals surface area contributed by atoms with Crippen molar-refractivity contribution in [2.75, 3.05) is 12.4 Å². The Labute approximate surface area is 142 Å². The minimum absolute atomic E-state index is 0.183. The highest BCUT2D eigenvalue weighted by Crippen LogP contribution is 2.28. The van der Waals surface area contributed by atoms with Gasteiger partial charge in [-0.3, -0.25) is 0 Å². The second kappa shape index (κ2) is 6.21. The summed E-state index contributed by atoms with van der Waals surface area (Å²) in [6, 6.07) is 12.5. The van der Waals surface area contributed by atoms with Gasteiger partial charge in [-0.1, -0.05) is 34.1 Å². The Hall–Kier alpha value is -2.06. The Morgan fingerprint density at radius 2 is 2.00 bits per heavy atom. The van der Waals surface area contributed by atoms with Crippen LogP contribution in [-0.2, 0) is 16.6 Å². The molecule has 0 radical (unpaired) electrons. The van der Waals surface area contributed by atoms with Crippen LogP contribution in [0.4, 0.5) is 5.69 Å². The maximum absolute atomic E-state index is 12.3. The lowest BCUT2D eigenvalue weighted by Gasteiger charge is -2.21. The summed E-state index contributed by atoms with van der Waals surface area (Å²) >= 11 is 3.27. The number of aliphatic imine (C=N–C) groups is 1. The molecule has 6 nitrogen and oxygen atoms in total. The molecule has 2 N–H and O–H groups in total. The predicted molar refractivity (Wildman–Crippen MR) is 92.2 cm³/mol. The van der Waals surface area contributed by atoms with Crippen LogP contribution in [0.25, 0.3) is 0 Å². The number of para-hydroxylation sites is 1. The molecular formula is C15H14BrN3O3S. The Morgan fingerprint density at radius 1 is 1.22 bits per heavy atom. The van der Waals surface area contributed by atoms with Crippen molar-refractivity contribution >= 4 is 37.6 Å². The fraction of sp³-hybridized carbons (Fsp3) is 0.133. The molecule has 1 aliphatic heterocycles. The van der Waals surface area contributed by atoms with E-state index in [4.69, 9.17) is 4.74 Å². The van der Waals surface area contributed by atoms with Crippen molar-refractivity contribution in [1.29, 1.82) is 0 Å². The summed E-state index contributed by atoms with van der Waals surface area (Å²) in [5, 5.41) is 2.99. The highest BCUT2D eigenvalue weighted by atomic mass is 79.9. The number of ether oxygens (including phenoxy) is 1. The maximum Gasteiger partial charge on any atom is 0.266 e. The molecule has 23 heavy (non-hydrogen) atoms. The molecule has 8 heteroatoms. The van der Waals surface area contributed by atoms with Crippen molar-refractivity contribution in [2.24, 2.45) is 4.99 Å². The van der Waals surface area contributed by atoms with Crippen molar-refractivity contribution in [1.82, 2.24) is 4.72 Å². The first-order valence-electron chi connectivity index (χ1n) is 6.75. The number of sulfonamides is 1. The van der Waals surface area contributed by atoms with Gasteiger partial charge in [-0.15, -0.1) is 0 Å². The molecule has 1 heterocycles. The van der Waals surface area contributed by atoms with Crippen LogP contribution in [0.5, 0.6) is 5.75 Å². The third kappa shape index (κ3) is 3.32. The van der Waals surface area contributed by atoms with Crippen LogP contribution in [-0.4, -0.2) is 21.5 Å². The quantitative estimate of drug-likeness (QED) is 0.836. The Kier molecular flexibility index (Phi) is 4.27. The Morgan fingerprint density at radius 3 is 2.78 bits per heavy atom. The molecular weight excluding hydrogens is 382 g/mol. The van der Waals surface area contributed by atoms with Crippen molar-refractivity contribution in [3.8, 4) is 5.75 Å². The largest absolute Gasteiger partial charge is 0.496 e. The summed E-state index contributed by atoms with van der Waals surface area (Å²) in [6.07, 6.45) is 0. The van der Waals surface area contributed by atoms with Gasteiger partial charge < -0.3 is 10.1 Å². The molecule has 0 atom stereocenters. The molecule has 2 aromatic rings. The number of halogens is 1. The van der Waals surface area contributed by atoms with Gasteiger partial charge in [-0.2, -0.15) is 0 Å². The number of hydrogen-bond donors (Lipinski definition) is 2. The zero-order valence-electron chi connectivity index (χ0n) is 12.2. The first-order chi connectivity index (χ1) is 11.0. The van der Waals surface area contributed by atoms with Gasteiger partial charge in [0.1, 0.15) is 10.6 Å². The fourth-order valence-electron chi connectivity index (χ4n) is 2.23. The van der Waals surface area contributed by atoms with Gasteiger partial charge >= 0.3 is 0 Å². The van der Waals surface area contributed by atoms with Crippen LogP contribution in [0, 0.1) is 0 Å². The summed E-state index contributed by atoms with van der Waals surface area (Å²) in [4.78, 5) is 4.49.